The van der Waals surface area contributed by atoms with Crippen molar-refractivity contribution in [1.82, 2.24) is 0 Å². The normalized spacial score (nSPS) is 21.3. The van der Waals surface area contributed by atoms with Gasteiger partial charge in [-0.2, -0.15) is 0 Å². The second kappa shape index (κ2) is 4.12. The van der Waals surface area contributed by atoms with Crippen molar-refractivity contribution in [1.29, 1.82) is 0 Å². The van der Waals surface area contributed by atoms with E-state index in [1.165, 1.54) is 12.1 Å². The van der Waals surface area contributed by atoms with E-state index in [0.29, 0.717) is 5.69 Å². The molecule has 1 aromatic rings. The number of nitrogens with two attached hydrogens (primary N) is 1. The second-order valence-electron chi connectivity index (χ2n) is 5.48. The molecule has 0 aromatic heterocycles. The van der Waals surface area contributed by atoms with E-state index < -0.39 is 24.1 Å². The molecule has 3 nitrogen and oxygen atoms in total. The second-order valence-corrected chi connectivity index (χ2v) is 5.89. The van der Waals surface area contributed by atoms with Gasteiger partial charge in [0.15, 0.2) is 0 Å². The zero-order chi connectivity index (χ0) is 13.7. The summed E-state index contributed by atoms with van der Waals surface area (Å²) in [4.78, 5) is 0. The van der Waals surface area contributed by atoms with E-state index >= 15 is 0 Å². The molecule has 98 valence electrons. The SMILES string of the molecule is CC1(C)OB(c2cc(N)c(Cl)cc2F)OC1(C)C. The minimum absolute atomic E-state index is 0.188. The van der Waals surface area contributed by atoms with Gasteiger partial charge in [-0.3, -0.25) is 0 Å². The van der Waals surface area contributed by atoms with E-state index in [2.05, 4.69) is 0 Å². The summed E-state index contributed by atoms with van der Waals surface area (Å²) in [7, 11) is -0.769. The van der Waals surface area contributed by atoms with Gasteiger partial charge in [-0.05, 0) is 39.8 Å². The summed E-state index contributed by atoms with van der Waals surface area (Å²) in [5.74, 6) is -0.479. The molecule has 0 radical (unpaired) electrons. The molecule has 0 atom stereocenters. The molecule has 0 saturated carbocycles. The Balaban J connectivity index is 2.38. The average Bonchev–Trinajstić information content (AvgIpc) is 2.42. The molecule has 0 unspecified atom stereocenters. The highest BCUT2D eigenvalue weighted by Gasteiger charge is 2.52. The summed E-state index contributed by atoms with van der Waals surface area (Å²) in [6, 6.07) is 2.64. The first-order valence-corrected chi connectivity index (χ1v) is 6.12. The highest BCUT2D eigenvalue weighted by atomic mass is 35.5. The van der Waals surface area contributed by atoms with Crippen LogP contribution in [0.2, 0.25) is 5.02 Å². The van der Waals surface area contributed by atoms with Crippen LogP contribution in [0.5, 0.6) is 0 Å². The molecule has 18 heavy (non-hydrogen) atoms. The Morgan fingerprint density at radius 2 is 1.67 bits per heavy atom. The van der Waals surface area contributed by atoms with Crippen molar-refractivity contribution in [3.8, 4) is 0 Å². The van der Waals surface area contributed by atoms with Crippen LogP contribution in [0.4, 0.5) is 10.1 Å². The highest BCUT2D eigenvalue weighted by molar-refractivity contribution is 6.62. The summed E-state index contributed by atoms with van der Waals surface area (Å²) in [5, 5.41) is 0.188. The number of benzene rings is 1. The predicted molar refractivity (Wildman–Crippen MR) is 71.5 cm³/mol. The Kier molecular flexibility index (Phi) is 3.12. The van der Waals surface area contributed by atoms with Crippen LogP contribution < -0.4 is 11.2 Å². The van der Waals surface area contributed by atoms with E-state index in [1.54, 1.807) is 0 Å². The molecule has 1 heterocycles. The van der Waals surface area contributed by atoms with Crippen LogP contribution in [-0.4, -0.2) is 18.3 Å². The van der Waals surface area contributed by atoms with Crippen LogP contribution in [0.1, 0.15) is 27.7 Å². The lowest BCUT2D eigenvalue weighted by atomic mass is 9.78. The minimum atomic E-state index is -0.769. The fraction of sp³-hybridized carbons (Fsp3) is 0.500. The highest BCUT2D eigenvalue weighted by Crippen LogP contribution is 2.37. The van der Waals surface area contributed by atoms with Gasteiger partial charge in [0.1, 0.15) is 5.82 Å². The van der Waals surface area contributed by atoms with E-state index in [4.69, 9.17) is 26.6 Å². The van der Waals surface area contributed by atoms with E-state index in [9.17, 15) is 4.39 Å². The molecule has 2 rings (SSSR count). The van der Waals surface area contributed by atoms with Gasteiger partial charge in [-0.15, -0.1) is 0 Å². The van der Waals surface area contributed by atoms with Crippen LogP contribution in [-0.2, 0) is 9.31 Å². The molecule has 1 aliphatic rings. The maximum Gasteiger partial charge on any atom is 0.497 e. The van der Waals surface area contributed by atoms with E-state index in [0.717, 1.165) is 0 Å². The molecule has 1 fully saturated rings. The first kappa shape index (κ1) is 13.7. The van der Waals surface area contributed by atoms with Crippen LogP contribution in [0, 0.1) is 5.82 Å². The number of rotatable bonds is 1. The summed E-state index contributed by atoms with van der Waals surface area (Å²) >= 11 is 5.76. The Labute approximate surface area is 112 Å². The molecular weight excluding hydrogens is 255 g/mol. The predicted octanol–water partition coefficient (Wildman–Crippen LogP) is 2.36. The number of hydrogen-bond acceptors (Lipinski definition) is 3. The number of nitrogen functional groups attached to an aromatic ring is 1. The van der Waals surface area contributed by atoms with Gasteiger partial charge in [0.25, 0.3) is 0 Å². The quantitative estimate of drug-likeness (QED) is 0.630. The van der Waals surface area contributed by atoms with Crippen molar-refractivity contribution in [3.05, 3.63) is 23.0 Å². The molecule has 1 saturated heterocycles. The minimum Gasteiger partial charge on any atom is -0.399 e. The van der Waals surface area contributed by atoms with E-state index in [1.807, 2.05) is 27.7 Å². The standard InChI is InChI=1S/C12H16BClFNO2/c1-11(2)12(3,4)18-13(17-11)7-5-10(16)8(14)6-9(7)15/h5-6H,16H2,1-4H3. The third-order valence-corrected chi connectivity index (χ3v) is 3.95. The molecule has 1 aromatic carbocycles. The van der Waals surface area contributed by atoms with Gasteiger partial charge in [0.05, 0.1) is 21.9 Å². The van der Waals surface area contributed by atoms with Crippen molar-refractivity contribution >= 4 is 29.9 Å². The zero-order valence-electron chi connectivity index (χ0n) is 10.9. The Morgan fingerprint density at radius 3 is 2.17 bits per heavy atom. The van der Waals surface area contributed by atoms with Crippen molar-refractivity contribution in [2.24, 2.45) is 0 Å². The zero-order valence-corrected chi connectivity index (χ0v) is 11.6. The molecular formula is C12H16BClFNO2. The fourth-order valence-corrected chi connectivity index (χ4v) is 1.88. The van der Waals surface area contributed by atoms with Crippen molar-refractivity contribution in [2.45, 2.75) is 38.9 Å². The third kappa shape index (κ3) is 2.11. The molecule has 6 heteroatoms. The topological polar surface area (TPSA) is 44.5 Å². The largest absolute Gasteiger partial charge is 0.497 e. The Morgan fingerprint density at radius 1 is 1.17 bits per heavy atom. The monoisotopic (exact) mass is 271 g/mol. The van der Waals surface area contributed by atoms with Crippen molar-refractivity contribution in [2.75, 3.05) is 5.73 Å². The lowest BCUT2D eigenvalue weighted by molar-refractivity contribution is 0.00578. The number of anilines is 1. The maximum atomic E-state index is 13.9. The fourth-order valence-electron chi connectivity index (χ4n) is 1.73. The van der Waals surface area contributed by atoms with Gasteiger partial charge in [-0.1, -0.05) is 11.6 Å². The van der Waals surface area contributed by atoms with Crippen LogP contribution in [0.3, 0.4) is 0 Å². The smallest absolute Gasteiger partial charge is 0.399 e. The lowest BCUT2D eigenvalue weighted by Crippen LogP contribution is -2.41. The Hall–Kier alpha value is -0.775. The maximum absolute atomic E-state index is 13.9. The summed E-state index contributed by atoms with van der Waals surface area (Å²) in [6.45, 7) is 7.63. The van der Waals surface area contributed by atoms with Gasteiger partial charge in [-0.25, -0.2) is 4.39 Å². The van der Waals surface area contributed by atoms with Crippen LogP contribution in [0.15, 0.2) is 12.1 Å². The Bertz CT molecular complexity index is 477. The van der Waals surface area contributed by atoms with E-state index in [-0.39, 0.29) is 10.5 Å². The van der Waals surface area contributed by atoms with Gasteiger partial charge < -0.3 is 15.0 Å². The average molecular weight is 272 g/mol. The van der Waals surface area contributed by atoms with Crippen LogP contribution in [0.25, 0.3) is 0 Å². The molecule has 0 spiro atoms. The number of halogens is 2. The third-order valence-electron chi connectivity index (χ3n) is 3.62. The molecule has 1 aliphatic heterocycles. The molecule has 2 N–H and O–H groups in total. The molecule has 0 amide bonds. The first-order valence-electron chi connectivity index (χ1n) is 5.74. The van der Waals surface area contributed by atoms with Crippen molar-refractivity contribution in [3.63, 3.8) is 0 Å². The first-order chi connectivity index (χ1) is 8.14. The molecule has 0 bridgehead atoms. The lowest BCUT2D eigenvalue weighted by Gasteiger charge is -2.32. The summed E-state index contributed by atoms with van der Waals surface area (Å²) in [5.41, 5.74) is 5.23. The van der Waals surface area contributed by atoms with Gasteiger partial charge in [0, 0.05) is 5.46 Å². The number of hydrogen-bond donors (Lipinski definition) is 1. The van der Waals surface area contributed by atoms with Gasteiger partial charge in [0.2, 0.25) is 0 Å². The van der Waals surface area contributed by atoms with Crippen LogP contribution >= 0.6 is 11.6 Å². The summed E-state index contributed by atoms with van der Waals surface area (Å²) in [6.07, 6.45) is 0. The van der Waals surface area contributed by atoms with Crippen molar-refractivity contribution < 1.29 is 13.7 Å². The molecule has 0 aliphatic carbocycles. The summed E-state index contributed by atoms with van der Waals surface area (Å²) < 4.78 is 25.4. The van der Waals surface area contributed by atoms with Gasteiger partial charge >= 0.3 is 7.12 Å².